The largest absolute Gasteiger partial charge is 0.500 e. The van der Waals surface area contributed by atoms with Crippen LogP contribution in [0.5, 0.6) is 11.5 Å². The van der Waals surface area contributed by atoms with Crippen molar-refractivity contribution in [2.45, 2.75) is 6.92 Å². The minimum atomic E-state index is -1.11. The first-order valence-corrected chi connectivity index (χ1v) is 7.19. The fraction of sp³-hybridized carbons (Fsp3) is 0.125. The summed E-state index contributed by atoms with van der Waals surface area (Å²) in [5, 5.41) is 33.8. The average Bonchev–Trinajstić information content (AvgIpc) is 2.57. The van der Waals surface area contributed by atoms with Crippen LogP contribution in [0.1, 0.15) is 22.8 Å². The minimum absolute atomic E-state index is 0.0337. The van der Waals surface area contributed by atoms with Crippen LogP contribution in [0.15, 0.2) is 41.5 Å². The summed E-state index contributed by atoms with van der Waals surface area (Å²) in [4.78, 5) is 21.4. The predicted octanol–water partition coefficient (Wildman–Crippen LogP) is 2.84. The molecule has 0 bridgehead atoms. The highest BCUT2D eigenvalue weighted by Crippen LogP contribution is 2.36. The van der Waals surface area contributed by atoms with Crippen LogP contribution in [0.3, 0.4) is 0 Å². The summed E-state index contributed by atoms with van der Waals surface area (Å²) in [6.07, 6.45) is 1.26. The number of nitrogens with zero attached hydrogens (tertiary/aromatic N) is 2. The fourth-order valence-electron chi connectivity index (χ4n) is 2.04. The van der Waals surface area contributed by atoms with Crippen LogP contribution in [-0.2, 0) is 0 Å². The van der Waals surface area contributed by atoms with Crippen molar-refractivity contribution in [3.63, 3.8) is 0 Å². The Hall–Kier alpha value is -3.62. The first kappa shape index (κ1) is 17.7. The molecule has 2 aromatic carbocycles. The van der Waals surface area contributed by atoms with Crippen LogP contribution in [-0.4, -0.2) is 33.9 Å². The molecule has 0 unspecified atom stereocenters. The van der Waals surface area contributed by atoms with Crippen LogP contribution in [0.2, 0.25) is 0 Å². The quantitative estimate of drug-likeness (QED) is 0.399. The van der Waals surface area contributed by atoms with E-state index >= 15 is 0 Å². The van der Waals surface area contributed by atoms with E-state index in [9.17, 15) is 20.0 Å². The van der Waals surface area contributed by atoms with Gasteiger partial charge in [0.2, 0.25) is 5.75 Å². The van der Waals surface area contributed by atoms with E-state index in [-0.39, 0.29) is 23.6 Å². The van der Waals surface area contributed by atoms with Crippen molar-refractivity contribution in [2.24, 2.45) is 5.10 Å². The summed E-state index contributed by atoms with van der Waals surface area (Å²) < 4.78 is 5.17. The lowest BCUT2D eigenvalue weighted by molar-refractivity contribution is -0.386. The van der Waals surface area contributed by atoms with Crippen LogP contribution >= 0.6 is 0 Å². The number of carboxylic acids is 1. The third kappa shape index (κ3) is 4.22. The number of aromatic hydroxyl groups is 1. The Balaban J connectivity index is 2.29. The van der Waals surface area contributed by atoms with Gasteiger partial charge in [0.1, 0.15) is 0 Å². The Bertz CT molecular complexity index is 835. The molecular weight excluding hydrogens is 330 g/mol. The molecule has 0 aliphatic carbocycles. The maximum Gasteiger partial charge on any atom is 0.337 e. The van der Waals surface area contributed by atoms with Crippen molar-refractivity contribution in [3.8, 4) is 11.5 Å². The van der Waals surface area contributed by atoms with Gasteiger partial charge in [0.05, 0.1) is 29.0 Å². The zero-order valence-electron chi connectivity index (χ0n) is 13.2. The van der Waals surface area contributed by atoms with E-state index in [2.05, 4.69) is 10.5 Å². The normalized spacial score (nSPS) is 10.6. The fourth-order valence-corrected chi connectivity index (χ4v) is 2.04. The van der Waals surface area contributed by atoms with Gasteiger partial charge in [0.15, 0.2) is 5.75 Å². The van der Waals surface area contributed by atoms with E-state index < -0.39 is 22.3 Å². The molecule has 0 amide bonds. The predicted molar refractivity (Wildman–Crippen MR) is 90.5 cm³/mol. The molecule has 0 saturated carbocycles. The number of nitro benzene ring substituents is 1. The number of phenols is 1. The molecule has 0 spiro atoms. The first-order chi connectivity index (χ1) is 11.9. The van der Waals surface area contributed by atoms with Gasteiger partial charge in [-0.2, -0.15) is 5.10 Å². The van der Waals surface area contributed by atoms with Gasteiger partial charge in [-0.3, -0.25) is 15.5 Å². The molecule has 2 rings (SSSR count). The highest BCUT2D eigenvalue weighted by Gasteiger charge is 2.19. The van der Waals surface area contributed by atoms with Gasteiger partial charge in [-0.05, 0) is 25.1 Å². The van der Waals surface area contributed by atoms with Gasteiger partial charge in [-0.25, -0.2) is 4.79 Å². The number of nitrogens with one attached hydrogen (secondary N) is 1. The number of carbonyl (C=O) groups is 1. The second-order valence-electron chi connectivity index (χ2n) is 4.80. The molecular formula is C16H15N3O6. The van der Waals surface area contributed by atoms with Gasteiger partial charge >= 0.3 is 11.7 Å². The number of phenolic OH excluding ortho intramolecular Hbond substituents is 1. The van der Waals surface area contributed by atoms with Crippen molar-refractivity contribution < 1.29 is 24.7 Å². The van der Waals surface area contributed by atoms with Crippen molar-refractivity contribution in [3.05, 3.63) is 57.6 Å². The van der Waals surface area contributed by atoms with E-state index in [0.717, 1.165) is 6.07 Å². The lowest BCUT2D eigenvalue weighted by Gasteiger charge is -2.07. The number of rotatable bonds is 7. The summed E-state index contributed by atoms with van der Waals surface area (Å²) >= 11 is 0. The molecule has 0 saturated heterocycles. The second-order valence-corrected chi connectivity index (χ2v) is 4.80. The topological polar surface area (TPSA) is 134 Å². The number of hydrogen-bond acceptors (Lipinski definition) is 7. The Kier molecular flexibility index (Phi) is 5.51. The van der Waals surface area contributed by atoms with Crippen molar-refractivity contribution in [1.29, 1.82) is 0 Å². The van der Waals surface area contributed by atoms with Crippen LogP contribution in [0.25, 0.3) is 0 Å². The molecule has 0 heterocycles. The van der Waals surface area contributed by atoms with Gasteiger partial charge in [-0.15, -0.1) is 0 Å². The van der Waals surface area contributed by atoms with Crippen molar-refractivity contribution in [2.75, 3.05) is 12.0 Å². The van der Waals surface area contributed by atoms with E-state index in [1.807, 2.05) is 0 Å². The number of ether oxygens (including phenoxy) is 1. The lowest BCUT2D eigenvalue weighted by atomic mass is 10.2. The number of para-hydroxylation sites is 1. The highest BCUT2D eigenvalue weighted by atomic mass is 16.6. The molecule has 9 heteroatoms. The smallest absolute Gasteiger partial charge is 0.337 e. The Labute approximate surface area is 142 Å². The Morgan fingerprint density at radius 3 is 2.76 bits per heavy atom. The first-order valence-electron chi connectivity index (χ1n) is 7.19. The summed E-state index contributed by atoms with van der Waals surface area (Å²) in [6.45, 7) is 1.89. The number of anilines is 1. The number of nitro groups is 1. The SMILES string of the molecule is CCOc1cc(C=NNc2ccccc2C(=O)O)cc([N+](=O)[O-])c1O. The van der Waals surface area contributed by atoms with Gasteiger partial charge in [-0.1, -0.05) is 12.1 Å². The molecule has 0 aliphatic heterocycles. The molecule has 25 heavy (non-hydrogen) atoms. The van der Waals surface area contributed by atoms with Crippen molar-refractivity contribution >= 4 is 23.6 Å². The van der Waals surface area contributed by atoms with Gasteiger partial charge < -0.3 is 14.9 Å². The maximum absolute atomic E-state index is 11.1. The molecule has 0 aromatic heterocycles. The number of hydrogen-bond donors (Lipinski definition) is 3. The van der Waals surface area contributed by atoms with E-state index in [1.165, 1.54) is 24.4 Å². The van der Waals surface area contributed by atoms with Gasteiger partial charge in [0.25, 0.3) is 0 Å². The van der Waals surface area contributed by atoms with Crippen molar-refractivity contribution in [1.82, 2.24) is 0 Å². The second kappa shape index (κ2) is 7.77. The number of hydrazone groups is 1. The Morgan fingerprint density at radius 2 is 2.12 bits per heavy atom. The third-order valence-corrected chi connectivity index (χ3v) is 3.13. The number of aromatic carboxylic acids is 1. The van der Waals surface area contributed by atoms with Crippen LogP contribution < -0.4 is 10.2 Å². The molecule has 2 aromatic rings. The molecule has 9 nitrogen and oxygen atoms in total. The molecule has 0 atom stereocenters. The average molecular weight is 345 g/mol. The number of carboxylic acid groups (broad SMARTS) is 1. The summed E-state index contributed by atoms with van der Waals surface area (Å²) in [6, 6.07) is 8.69. The molecule has 3 N–H and O–H groups in total. The summed E-state index contributed by atoms with van der Waals surface area (Å²) in [5.41, 5.74) is 2.66. The van der Waals surface area contributed by atoms with E-state index in [0.29, 0.717) is 5.56 Å². The molecule has 130 valence electrons. The monoisotopic (exact) mass is 345 g/mol. The minimum Gasteiger partial charge on any atom is -0.500 e. The Morgan fingerprint density at radius 1 is 1.40 bits per heavy atom. The number of benzene rings is 2. The highest BCUT2D eigenvalue weighted by molar-refractivity contribution is 5.94. The third-order valence-electron chi connectivity index (χ3n) is 3.13. The van der Waals surface area contributed by atoms with Crippen LogP contribution in [0, 0.1) is 10.1 Å². The standard InChI is InChI=1S/C16H15N3O6/c1-2-25-14-8-10(7-13(15(14)20)19(23)24)9-17-18-12-6-4-3-5-11(12)16(21)22/h3-9,18,20H,2H2,1H3,(H,21,22). The van der Waals surface area contributed by atoms with E-state index in [4.69, 9.17) is 9.84 Å². The lowest BCUT2D eigenvalue weighted by Crippen LogP contribution is -2.02. The summed E-state index contributed by atoms with van der Waals surface area (Å²) in [7, 11) is 0. The van der Waals surface area contributed by atoms with E-state index in [1.54, 1.807) is 19.1 Å². The van der Waals surface area contributed by atoms with Gasteiger partial charge in [0, 0.05) is 11.6 Å². The molecule has 0 fully saturated rings. The summed E-state index contributed by atoms with van der Waals surface area (Å²) in [5.74, 6) is -1.71. The maximum atomic E-state index is 11.1. The zero-order valence-corrected chi connectivity index (χ0v) is 13.2. The molecule has 0 radical (unpaired) electrons. The molecule has 0 aliphatic rings. The van der Waals surface area contributed by atoms with Crippen LogP contribution in [0.4, 0.5) is 11.4 Å². The zero-order chi connectivity index (χ0) is 18.4.